The average Bonchev–Trinajstić information content (AvgIpc) is 3.11. The summed E-state index contributed by atoms with van der Waals surface area (Å²) in [5, 5.41) is 3.37. The molecule has 0 aromatic carbocycles. The van der Waals surface area contributed by atoms with Crippen LogP contribution in [0, 0.1) is 5.41 Å². The zero-order chi connectivity index (χ0) is 16.4. The number of thioether (sulfide) groups is 1. The highest BCUT2D eigenvalue weighted by molar-refractivity contribution is 14.0. The molecule has 1 aliphatic heterocycles. The van der Waals surface area contributed by atoms with Crippen LogP contribution < -0.4 is 5.32 Å². The molecule has 0 atom stereocenters. The Kier molecular flexibility index (Phi) is 7.53. The second-order valence-corrected chi connectivity index (χ2v) is 11.2. The van der Waals surface area contributed by atoms with E-state index in [2.05, 4.69) is 31.0 Å². The fourth-order valence-corrected chi connectivity index (χ4v) is 5.55. The minimum absolute atomic E-state index is 0. The number of hydrogen-bond acceptors (Lipinski definition) is 4. The van der Waals surface area contributed by atoms with Crippen molar-refractivity contribution in [1.82, 2.24) is 10.2 Å². The molecule has 0 bridgehead atoms. The van der Waals surface area contributed by atoms with Gasteiger partial charge in [0.05, 0.1) is 5.75 Å². The highest BCUT2D eigenvalue weighted by Crippen LogP contribution is 2.47. The van der Waals surface area contributed by atoms with E-state index in [0.29, 0.717) is 6.54 Å². The van der Waals surface area contributed by atoms with Crippen LogP contribution in [-0.4, -0.2) is 68.0 Å². The first-order chi connectivity index (χ1) is 10.1. The number of aliphatic imine (C=N–C) groups is 1. The Labute approximate surface area is 162 Å². The minimum Gasteiger partial charge on any atom is -0.357 e. The van der Waals surface area contributed by atoms with E-state index in [0.717, 1.165) is 44.2 Å². The Morgan fingerprint density at radius 1 is 1.35 bits per heavy atom. The van der Waals surface area contributed by atoms with Gasteiger partial charge in [0, 0.05) is 48.3 Å². The van der Waals surface area contributed by atoms with Gasteiger partial charge in [-0.15, -0.1) is 24.0 Å². The lowest BCUT2D eigenvalue weighted by atomic mass is 10.1. The molecule has 1 saturated heterocycles. The normalized spacial score (nSPS) is 23.1. The van der Waals surface area contributed by atoms with E-state index in [9.17, 15) is 8.42 Å². The van der Waals surface area contributed by atoms with Crippen molar-refractivity contribution in [3.63, 3.8) is 0 Å². The van der Waals surface area contributed by atoms with Crippen molar-refractivity contribution in [2.75, 3.05) is 43.9 Å². The van der Waals surface area contributed by atoms with Crippen molar-refractivity contribution in [2.45, 2.75) is 38.4 Å². The topological polar surface area (TPSA) is 61.8 Å². The third-order valence-electron chi connectivity index (χ3n) is 4.15. The molecule has 2 aliphatic rings. The molecule has 2 rings (SSSR count). The van der Waals surface area contributed by atoms with Crippen LogP contribution >= 0.6 is 35.7 Å². The second kappa shape index (κ2) is 8.12. The summed E-state index contributed by atoms with van der Waals surface area (Å²) in [6, 6.07) is 0. The van der Waals surface area contributed by atoms with Crippen LogP contribution in [0.15, 0.2) is 4.99 Å². The molecule has 23 heavy (non-hydrogen) atoms. The molecule has 1 aliphatic carbocycles. The van der Waals surface area contributed by atoms with Gasteiger partial charge < -0.3 is 10.2 Å². The third-order valence-corrected chi connectivity index (χ3v) is 6.58. The van der Waals surface area contributed by atoms with Gasteiger partial charge in [-0.2, -0.15) is 11.8 Å². The van der Waals surface area contributed by atoms with Gasteiger partial charge >= 0.3 is 0 Å². The summed E-state index contributed by atoms with van der Waals surface area (Å²) < 4.78 is 23.4. The summed E-state index contributed by atoms with van der Waals surface area (Å²) in [5.41, 5.74) is -0.103. The number of guanidine groups is 1. The van der Waals surface area contributed by atoms with E-state index in [1.807, 2.05) is 11.8 Å². The lowest BCUT2D eigenvalue weighted by Gasteiger charge is -2.39. The van der Waals surface area contributed by atoms with Crippen LogP contribution in [0.1, 0.15) is 33.6 Å². The molecule has 136 valence electrons. The Hall–Kier alpha value is 0.300. The Balaban J connectivity index is 0.00000264. The van der Waals surface area contributed by atoms with Crippen LogP contribution in [0.25, 0.3) is 0 Å². The molecule has 0 aromatic rings. The van der Waals surface area contributed by atoms with Gasteiger partial charge in [0.25, 0.3) is 0 Å². The maximum Gasteiger partial charge on any atom is 0.194 e. The SMILES string of the molecule is CCNC(=NCC1(CS(C)(=O)=O)CC1)N1CCSC(C)(C)C1.I. The van der Waals surface area contributed by atoms with Gasteiger partial charge in [-0.25, -0.2) is 8.42 Å². The lowest BCUT2D eigenvalue weighted by Crippen LogP contribution is -2.51. The molecule has 1 N–H and O–H groups in total. The largest absolute Gasteiger partial charge is 0.357 e. The Morgan fingerprint density at radius 2 is 2.00 bits per heavy atom. The van der Waals surface area contributed by atoms with Crippen molar-refractivity contribution in [1.29, 1.82) is 0 Å². The Morgan fingerprint density at radius 3 is 2.48 bits per heavy atom. The Bertz CT molecular complexity index is 531. The van der Waals surface area contributed by atoms with Crippen molar-refractivity contribution in [2.24, 2.45) is 10.4 Å². The first-order valence-corrected chi connectivity index (χ1v) is 11.0. The molecule has 0 aromatic heterocycles. The number of halogens is 1. The number of nitrogens with zero attached hydrogens (tertiary/aromatic N) is 2. The lowest BCUT2D eigenvalue weighted by molar-refractivity contribution is 0.374. The second-order valence-electron chi connectivity index (χ2n) is 7.27. The van der Waals surface area contributed by atoms with Gasteiger partial charge in [-0.05, 0) is 33.6 Å². The molecule has 0 spiro atoms. The van der Waals surface area contributed by atoms with E-state index in [-0.39, 0.29) is 39.9 Å². The zero-order valence-electron chi connectivity index (χ0n) is 14.6. The summed E-state index contributed by atoms with van der Waals surface area (Å²) >= 11 is 2.00. The minimum atomic E-state index is -2.93. The van der Waals surface area contributed by atoms with E-state index >= 15 is 0 Å². The van der Waals surface area contributed by atoms with Crippen LogP contribution in [0.5, 0.6) is 0 Å². The predicted octanol–water partition coefficient (Wildman–Crippen LogP) is 2.22. The van der Waals surface area contributed by atoms with Gasteiger partial charge in [-0.3, -0.25) is 4.99 Å². The van der Waals surface area contributed by atoms with Crippen LogP contribution in [0.4, 0.5) is 0 Å². The van der Waals surface area contributed by atoms with Crippen LogP contribution in [0.2, 0.25) is 0 Å². The summed E-state index contributed by atoms with van der Waals surface area (Å²) in [7, 11) is -2.93. The molecule has 0 unspecified atom stereocenters. The third kappa shape index (κ3) is 6.97. The monoisotopic (exact) mass is 475 g/mol. The predicted molar refractivity (Wildman–Crippen MR) is 111 cm³/mol. The van der Waals surface area contributed by atoms with E-state index in [4.69, 9.17) is 4.99 Å². The standard InChI is InChI=1S/C15H29N3O2S2.HI/c1-5-16-13(18-8-9-21-14(2,3)11-18)17-10-15(6-7-15)12-22(4,19)20;/h5-12H2,1-4H3,(H,16,17);1H. The van der Waals surface area contributed by atoms with E-state index < -0.39 is 9.84 Å². The van der Waals surface area contributed by atoms with Gasteiger partial charge in [0.15, 0.2) is 5.96 Å². The molecule has 1 saturated carbocycles. The summed E-state index contributed by atoms with van der Waals surface area (Å²) in [6.07, 6.45) is 3.28. The molecular weight excluding hydrogens is 445 g/mol. The van der Waals surface area contributed by atoms with E-state index in [1.165, 1.54) is 6.26 Å². The molecule has 2 fully saturated rings. The first kappa shape index (κ1) is 21.3. The molecule has 8 heteroatoms. The van der Waals surface area contributed by atoms with E-state index in [1.54, 1.807) is 0 Å². The van der Waals surface area contributed by atoms with Crippen LogP contribution in [0.3, 0.4) is 0 Å². The molecule has 0 radical (unpaired) electrons. The van der Waals surface area contributed by atoms with Crippen molar-refractivity contribution < 1.29 is 8.42 Å². The fraction of sp³-hybridized carbons (Fsp3) is 0.933. The fourth-order valence-electron chi connectivity index (χ4n) is 2.95. The smallest absolute Gasteiger partial charge is 0.194 e. The average molecular weight is 475 g/mol. The van der Waals surface area contributed by atoms with Gasteiger partial charge in [0.2, 0.25) is 0 Å². The quantitative estimate of drug-likeness (QED) is 0.376. The van der Waals surface area contributed by atoms with Crippen LogP contribution in [-0.2, 0) is 9.84 Å². The zero-order valence-corrected chi connectivity index (χ0v) is 18.6. The van der Waals surface area contributed by atoms with Gasteiger partial charge in [0.1, 0.15) is 9.84 Å². The van der Waals surface area contributed by atoms with Gasteiger partial charge in [-0.1, -0.05) is 0 Å². The highest BCUT2D eigenvalue weighted by Gasteiger charge is 2.45. The molecule has 1 heterocycles. The summed E-state index contributed by atoms with van der Waals surface area (Å²) in [5.74, 6) is 2.31. The van der Waals surface area contributed by atoms with Crippen molar-refractivity contribution in [3.8, 4) is 0 Å². The number of sulfone groups is 1. The summed E-state index contributed by atoms with van der Waals surface area (Å²) in [6.45, 7) is 10.0. The maximum absolute atomic E-state index is 11.6. The van der Waals surface area contributed by atoms with Crippen molar-refractivity contribution in [3.05, 3.63) is 0 Å². The molecule has 0 amide bonds. The summed E-state index contributed by atoms with van der Waals surface area (Å²) in [4.78, 5) is 7.09. The number of nitrogens with one attached hydrogen (secondary N) is 1. The highest BCUT2D eigenvalue weighted by atomic mass is 127. The number of hydrogen-bond donors (Lipinski definition) is 1. The first-order valence-electron chi connectivity index (χ1n) is 8.00. The molecule has 5 nitrogen and oxygen atoms in total. The molecular formula is C15H30IN3O2S2. The van der Waals surface area contributed by atoms with Crippen molar-refractivity contribution >= 4 is 51.5 Å². The number of rotatable bonds is 5. The maximum atomic E-state index is 11.6.